The van der Waals surface area contributed by atoms with E-state index < -0.39 is 9.05 Å². The number of nitrogens with one attached hydrogen (secondary N) is 1. The Bertz CT molecular complexity index is 555. The molecule has 1 heterocycles. The van der Waals surface area contributed by atoms with Crippen LogP contribution < -0.4 is 5.32 Å². The predicted molar refractivity (Wildman–Crippen MR) is 59.5 cm³/mol. The highest BCUT2D eigenvalue weighted by Gasteiger charge is 2.23. The number of rotatable bonds is 1. The Morgan fingerprint density at radius 2 is 2.07 bits per heavy atom. The van der Waals surface area contributed by atoms with Gasteiger partial charge in [-0.1, -0.05) is 0 Å². The minimum Gasteiger partial charge on any atom is -0.325 e. The summed E-state index contributed by atoms with van der Waals surface area (Å²) in [6, 6.07) is 2.94. The van der Waals surface area contributed by atoms with Crippen molar-refractivity contribution in [3.63, 3.8) is 0 Å². The molecule has 0 aromatic heterocycles. The SMILES string of the molecule is O=C1Cc2cc(S(=O)(=O)Cl)c(Br)cc2N1. The third-order valence-corrected chi connectivity index (χ3v) is 4.33. The number of benzene rings is 1. The van der Waals surface area contributed by atoms with Crippen molar-refractivity contribution in [2.24, 2.45) is 0 Å². The van der Waals surface area contributed by atoms with E-state index >= 15 is 0 Å². The highest BCUT2D eigenvalue weighted by atomic mass is 79.9. The molecule has 15 heavy (non-hydrogen) atoms. The summed E-state index contributed by atoms with van der Waals surface area (Å²) in [5.74, 6) is -0.152. The first kappa shape index (κ1) is 10.9. The smallest absolute Gasteiger partial charge is 0.262 e. The molecule has 1 amide bonds. The molecule has 0 fully saturated rings. The van der Waals surface area contributed by atoms with Crippen molar-refractivity contribution < 1.29 is 13.2 Å². The van der Waals surface area contributed by atoms with Gasteiger partial charge in [-0.25, -0.2) is 8.42 Å². The Hall–Kier alpha value is -0.590. The lowest BCUT2D eigenvalue weighted by Gasteiger charge is -2.04. The summed E-state index contributed by atoms with van der Waals surface area (Å²) < 4.78 is 22.7. The van der Waals surface area contributed by atoms with Gasteiger partial charge in [-0.2, -0.15) is 0 Å². The number of carbonyl (C=O) groups excluding carboxylic acids is 1. The van der Waals surface area contributed by atoms with E-state index in [1.165, 1.54) is 12.1 Å². The van der Waals surface area contributed by atoms with Crippen molar-refractivity contribution in [1.29, 1.82) is 0 Å². The van der Waals surface area contributed by atoms with Crippen molar-refractivity contribution in [2.45, 2.75) is 11.3 Å². The summed E-state index contributed by atoms with van der Waals surface area (Å²) >= 11 is 3.09. The van der Waals surface area contributed by atoms with E-state index in [4.69, 9.17) is 10.7 Å². The van der Waals surface area contributed by atoms with Crippen LogP contribution in [0, 0.1) is 0 Å². The molecule has 0 unspecified atom stereocenters. The Morgan fingerprint density at radius 1 is 1.40 bits per heavy atom. The van der Waals surface area contributed by atoms with Gasteiger partial charge in [0.25, 0.3) is 9.05 Å². The molecule has 0 bridgehead atoms. The molecule has 0 saturated heterocycles. The number of fused-ring (bicyclic) bond motifs is 1. The Labute approximate surface area is 99.2 Å². The topological polar surface area (TPSA) is 63.2 Å². The van der Waals surface area contributed by atoms with E-state index in [-0.39, 0.29) is 17.2 Å². The van der Waals surface area contributed by atoms with Crippen molar-refractivity contribution in [1.82, 2.24) is 0 Å². The van der Waals surface area contributed by atoms with Crippen LogP contribution in [0.1, 0.15) is 5.56 Å². The van der Waals surface area contributed by atoms with E-state index in [9.17, 15) is 13.2 Å². The second kappa shape index (κ2) is 3.47. The normalized spacial score (nSPS) is 14.9. The summed E-state index contributed by atoms with van der Waals surface area (Å²) in [5, 5.41) is 2.61. The van der Waals surface area contributed by atoms with Gasteiger partial charge in [0.1, 0.15) is 0 Å². The summed E-state index contributed by atoms with van der Waals surface area (Å²) in [7, 11) is 1.45. The van der Waals surface area contributed by atoms with Gasteiger partial charge < -0.3 is 5.32 Å². The average molecular weight is 311 g/mol. The van der Waals surface area contributed by atoms with E-state index in [0.29, 0.717) is 15.7 Å². The first-order chi connectivity index (χ1) is 6.88. The monoisotopic (exact) mass is 309 g/mol. The quantitative estimate of drug-likeness (QED) is 0.806. The molecule has 0 saturated carbocycles. The zero-order valence-corrected chi connectivity index (χ0v) is 10.4. The molecular formula is C8H5BrClNO3S. The van der Waals surface area contributed by atoms with Crippen molar-refractivity contribution in [3.8, 4) is 0 Å². The minimum absolute atomic E-state index is 0.0144. The number of hydrogen-bond donors (Lipinski definition) is 1. The van der Waals surface area contributed by atoms with Crippen LogP contribution in [-0.4, -0.2) is 14.3 Å². The number of amides is 1. The second-order valence-electron chi connectivity index (χ2n) is 3.10. The van der Waals surface area contributed by atoms with Gasteiger partial charge >= 0.3 is 0 Å². The van der Waals surface area contributed by atoms with Crippen molar-refractivity contribution in [3.05, 3.63) is 22.2 Å². The van der Waals surface area contributed by atoms with Gasteiger partial charge in [-0.05, 0) is 33.6 Å². The Morgan fingerprint density at radius 3 is 2.67 bits per heavy atom. The minimum atomic E-state index is -3.79. The molecule has 1 aliphatic heterocycles. The molecule has 4 nitrogen and oxygen atoms in total. The maximum Gasteiger partial charge on any atom is 0.262 e. The molecule has 0 atom stereocenters. The second-order valence-corrected chi connectivity index (χ2v) is 6.49. The van der Waals surface area contributed by atoms with Crippen LogP contribution in [0.3, 0.4) is 0 Å². The van der Waals surface area contributed by atoms with Crippen LogP contribution in [0.25, 0.3) is 0 Å². The fourth-order valence-electron chi connectivity index (χ4n) is 1.41. The molecule has 0 radical (unpaired) electrons. The third kappa shape index (κ3) is 2.02. The Balaban J connectivity index is 2.64. The predicted octanol–water partition coefficient (Wildman–Crippen LogP) is 1.87. The molecule has 1 aromatic carbocycles. The molecule has 2 rings (SSSR count). The fraction of sp³-hybridized carbons (Fsp3) is 0.125. The summed E-state index contributed by atoms with van der Waals surface area (Å²) in [6.07, 6.45) is 0.183. The van der Waals surface area contributed by atoms with Gasteiger partial charge in [0.05, 0.1) is 11.3 Å². The van der Waals surface area contributed by atoms with Crippen molar-refractivity contribution in [2.75, 3.05) is 5.32 Å². The van der Waals surface area contributed by atoms with Crippen LogP contribution >= 0.6 is 26.6 Å². The first-order valence-electron chi connectivity index (χ1n) is 3.95. The van der Waals surface area contributed by atoms with E-state index in [0.717, 1.165) is 0 Å². The fourth-order valence-corrected chi connectivity index (χ4v) is 3.63. The van der Waals surface area contributed by atoms with Gasteiger partial charge in [0.2, 0.25) is 5.91 Å². The lowest BCUT2D eigenvalue weighted by atomic mass is 10.2. The third-order valence-electron chi connectivity index (χ3n) is 2.05. The van der Waals surface area contributed by atoms with Crippen LogP contribution in [0.15, 0.2) is 21.5 Å². The Kier molecular flexibility index (Phi) is 2.52. The van der Waals surface area contributed by atoms with Crippen molar-refractivity contribution >= 4 is 47.3 Å². The van der Waals surface area contributed by atoms with E-state index in [1.807, 2.05) is 0 Å². The lowest BCUT2D eigenvalue weighted by molar-refractivity contribution is -0.115. The number of halogens is 2. The maximum absolute atomic E-state index is 11.2. The van der Waals surface area contributed by atoms with E-state index in [1.54, 1.807) is 0 Å². The standard InChI is InChI=1S/C8H5BrClNO3S/c9-5-3-6-4(2-8(12)11-6)1-7(5)15(10,13)14/h1,3H,2H2,(H,11,12). The molecule has 0 aliphatic carbocycles. The highest BCUT2D eigenvalue weighted by molar-refractivity contribution is 9.10. The van der Waals surface area contributed by atoms with Gasteiger partial charge in [0.15, 0.2) is 0 Å². The van der Waals surface area contributed by atoms with Gasteiger partial charge in [0, 0.05) is 20.8 Å². The van der Waals surface area contributed by atoms with Crippen LogP contribution in [-0.2, 0) is 20.3 Å². The maximum atomic E-state index is 11.2. The van der Waals surface area contributed by atoms with Gasteiger partial charge in [-0.15, -0.1) is 0 Å². The first-order valence-corrected chi connectivity index (χ1v) is 7.05. The van der Waals surface area contributed by atoms with E-state index in [2.05, 4.69) is 21.2 Å². The number of hydrogen-bond acceptors (Lipinski definition) is 3. The van der Waals surface area contributed by atoms with Crippen LogP contribution in [0.2, 0.25) is 0 Å². The van der Waals surface area contributed by atoms with Gasteiger partial charge in [-0.3, -0.25) is 4.79 Å². The molecule has 1 aliphatic rings. The molecule has 1 aromatic rings. The summed E-state index contributed by atoms with van der Waals surface area (Å²) in [6.45, 7) is 0. The zero-order chi connectivity index (χ0) is 11.2. The van der Waals surface area contributed by atoms with Crippen LogP contribution in [0.5, 0.6) is 0 Å². The molecular weight excluding hydrogens is 306 g/mol. The lowest BCUT2D eigenvalue weighted by Crippen LogP contribution is -2.03. The summed E-state index contributed by atoms with van der Waals surface area (Å²) in [4.78, 5) is 11.0. The summed E-state index contributed by atoms with van der Waals surface area (Å²) in [5.41, 5.74) is 1.26. The number of anilines is 1. The molecule has 7 heteroatoms. The largest absolute Gasteiger partial charge is 0.325 e. The molecule has 0 spiro atoms. The number of carbonyl (C=O) groups is 1. The zero-order valence-electron chi connectivity index (χ0n) is 7.25. The highest BCUT2D eigenvalue weighted by Crippen LogP contribution is 2.33. The average Bonchev–Trinajstić information content (AvgIpc) is 2.40. The van der Waals surface area contributed by atoms with Crippen LogP contribution in [0.4, 0.5) is 5.69 Å². The molecule has 1 N–H and O–H groups in total. The molecule has 80 valence electrons.